The van der Waals surface area contributed by atoms with Crippen LogP contribution in [0, 0.1) is 0 Å². The van der Waals surface area contributed by atoms with Gasteiger partial charge in [0.2, 0.25) is 6.17 Å². The number of hydrogen-bond acceptors (Lipinski definition) is 1. The number of hydrogen-bond donors (Lipinski definition) is 1. The molecule has 0 heterocycles. The first-order valence-corrected chi connectivity index (χ1v) is 4.84. The first-order chi connectivity index (χ1) is 7.38. The van der Waals surface area contributed by atoms with Crippen LogP contribution >= 0.6 is 0 Å². The maximum absolute atomic E-state index is 13.2. The van der Waals surface area contributed by atoms with Gasteiger partial charge in [-0.2, -0.15) is 13.2 Å². The molecule has 0 aliphatic rings. The second-order valence-corrected chi connectivity index (χ2v) is 3.54. The van der Waals surface area contributed by atoms with Crippen LogP contribution in [0.25, 0.3) is 0 Å². The number of rotatable bonds is 3. The van der Waals surface area contributed by atoms with Gasteiger partial charge < -0.3 is 5.32 Å². The van der Waals surface area contributed by atoms with Gasteiger partial charge >= 0.3 is 6.18 Å². The summed E-state index contributed by atoms with van der Waals surface area (Å²) in [5.41, 5.74) is 0.00618. The molecule has 5 heteroatoms. The Kier molecular flexibility index (Phi) is 3.91. The van der Waals surface area contributed by atoms with Crippen molar-refractivity contribution in [2.24, 2.45) is 0 Å². The molecule has 0 aliphatic carbocycles. The summed E-state index contributed by atoms with van der Waals surface area (Å²) in [6.07, 6.45) is -7.79. The van der Waals surface area contributed by atoms with Gasteiger partial charge in [-0.25, -0.2) is 4.39 Å². The highest BCUT2D eigenvalue weighted by Crippen LogP contribution is 2.38. The molecule has 1 aromatic rings. The van der Waals surface area contributed by atoms with Crippen LogP contribution in [0.1, 0.15) is 30.3 Å². The summed E-state index contributed by atoms with van der Waals surface area (Å²) >= 11 is 0. The fourth-order valence-electron chi connectivity index (χ4n) is 1.47. The minimum absolute atomic E-state index is 0.322. The van der Waals surface area contributed by atoms with E-state index in [1.165, 1.54) is 18.2 Å². The maximum atomic E-state index is 13.2. The zero-order chi connectivity index (χ0) is 12.3. The van der Waals surface area contributed by atoms with Gasteiger partial charge in [0.1, 0.15) is 0 Å². The molecule has 0 radical (unpaired) electrons. The molecular formula is C11H13F4N. The van der Waals surface area contributed by atoms with E-state index < -0.39 is 12.3 Å². The lowest BCUT2D eigenvalue weighted by atomic mass is 9.98. The van der Waals surface area contributed by atoms with Crippen molar-refractivity contribution in [3.05, 3.63) is 35.4 Å². The van der Waals surface area contributed by atoms with E-state index in [0.717, 1.165) is 0 Å². The van der Waals surface area contributed by atoms with Crippen molar-refractivity contribution in [1.29, 1.82) is 0 Å². The van der Waals surface area contributed by atoms with Gasteiger partial charge in [0, 0.05) is 6.04 Å². The summed E-state index contributed by atoms with van der Waals surface area (Å²) in [5, 5.41) is 2.79. The maximum Gasteiger partial charge on any atom is 0.423 e. The van der Waals surface area contributed by atoms with Gasteiger partial charge in [-0.3, -0.25) is 0 Å². The van der Waals surface area contributed by atoms with Crippen LogP contribution < -0.4 is 5.32 Å². The summed E-state index contributed by atoms with van der Waals surface area (Å²) in [5.74, 6) is 0. The van der Waals surface area contributed by atoms with Crippen molar-refractivity contribution in [2.75, 3.05) is 7.05 Å². The molecule has 1 aromatic carbocycles. The molecule has 0 bridgehead atoms. The molecule has 90 valence electrons. The van der Waals surface area contributed by atoms with Crippen molar-refractivity contribution in [3.8, 4) is 0 Å². The molecule has 1 N–H and O–H groups in total. The normalized spacial score (nSPS) is 15.9. The minimum atomic E-state index is -4.86. The second kappa shape index (κ2) is 4.82. The second-order valence-electron chi connectivity index (χ2n) is 3.54. The summed E-state index contributed by atoms with van der Waals surface area (Å²) < 4.78 is 50.1. The van der Waals surface area contributed by atoms with Crippen LogP contribution in [0.5, 0.6) is 0 Å². The zero-order valence-corrected chi connectivity index (χ0v) is 8.98. The summed E-state index contributed by atoms with van der Waals surface area (Å²) in [4.78, 5) is 0. The first kappa shape index (κ1) is 13.0. The number of benzene rings is 1. The van der Waals surface area contributed by atoms with Gasteiger partial charge in [0.05, 0.1) is 0 Å². The smallest absolute Gasteiger partial charge is 0.313 e. The van der Waals surface area contributed by atoms with Crippen molar-refractivity contribution < 1.29 is 17.6 Å². The Bertz CT molecular complexity index is 348. The summed E-state index contributed by atoms with van der Waals surface area (Å²) in [7, 11) is 1.61. The van der Waals surface area contributed by atoms with Crippen LogP contribution in [0.15, 0.2) is 24.3 Å². The molecule has 1 rings (SSSR count). The molecule has 2 atom stereocenters. The van der Waals surface area contributed by atoms with Crippen molar-refractivity contribution in [1.82, 2.24) is 5.32 Å². The highest BCUT2D eigenvalue weighted by Gasteiger charge is 2.42. The Morgan fingerprint density at radius 2 is 1.62 bits per heavy atom. The highest BCUT2D eigenvalue weighted by molar-refractivity contribution is 5.32. The molecule has 0 fully saturated rings. The third-order valence-corrected chi connectivity index (χ3v) is 2.46. The molecule has 1 nitrogen and oxygen atoms in total. The number of halogens is 4. The zero-order valence-electron chi connectivity index (χ0n) is 8.98. The summed E-state index contributed by atoms with van der Waals surface area (Å²) in [6, 6.07) is 5.34. The fourth-order valence-corrected chi connectivity index (χ4v) is 1.47. The fraction of sp³-hybridized carbons (Fsp3) is 0.455. The Hall–Kier alpha value is -1.10. The molecule has 0 saturated carbocycles. The quantitative estimate of drug-likeness (QED) is 0.790. The Labute approximate surface area is 91.5 Å². The van der Waals surface area contributed by atoms with E-state index in [1.54, 1.807) is 20.0 Å². The van der Waals surface area contributed by atoms with E-state index >= 15 is 0 Å². The predicted molar refractivity (Wildman–Crippen MR) is 53.8 cm³/mol. The minimum Gasteiger partial charge on any atom is -0.313 e. The number of alkyl halides is 4. The van der Waals surface area contributed by atoms with Crippen LogP contribution in [0.2, 0.25) is 0 Å². The Morgan fingerprint density at radius 1 is 1.12 bits per heavy atom. The van der Waals surface area contributed by atoms with Crippen molar-refractivity contribution in [3.63, 3.8) is 0 Å². The summed E-state index contributed by atoms with van der Waals surface area (Å²) in [6.45, 7) is 1.68. The van der Waals surface area contributed by atoms with E-state index in [2.05, 4.69) is 5.32 Å². The van der Waals surface area contributed by atoms with Crippen LogP contribution in [0.3, 0.4) is 0 Å². The molecule has 0 aromatic heterocycles. The molecule has 0 saturated heterocycles. The first-order valence-electron chi connectivity index (χ1n) is 4.84. The van der Waals surface area contributed by atoms with E-state index in [9.17, 15) is 17.6 Å². The lowest BCUT2D eigenvalue weighted by molar-refractivity contribution is -0.183. The molecule has 16 heavy (non-hydrogen) atoms. The predicted octanol–water partition coefficient (Wildman–Crippen LogP) is 3.54. The monoisotopic (exact) mass is 235 g/mol. The average molecular weight is 235 g/mol. The largest absolute Gasteiger partial charge is 0.423 e. The van der Waals surface area contributed by atoms with Crippen LogP contribution in [-0.4, -0.2) is 13.2 Å². The van der Waals surface area contributed by atoms with Gasteiger partial charge in [-0.15, -0.1) is 0 Å². The third-order valence-electron chi connectivity index (χ3n) is 2.46. The van der Waals surface area contributed by atoms with E-state index in [4.69, 9.17) is 0 Å². The van der Waals surface area contributed by atoms with Crippen molar-refractivity contribution >= 4 is 0 Å². The highest BCUT2D eigenvalue weighted by atomic mass is 19.4. The van der Waals surface area contributed by atoms with E-state index in [0.29, 0.717) is 5.56 Å². The van der Waals surface area contributed by atoms with Gasteiger partial charge in [0.25, 0.3) is 0 Å². The van der Waals surface area contributed by atoms with Crippen molar-refractivity contribution in [2.45, 2.75) is 25.3 Å². The topological polar surface area (TPSA) is 12.0 Å². The molecule has 2 unspecified atom stereocenters. The third kappa shape index (κ3) is 2.72. The van der Waals surface area contributed by atoms with Gasteiger partial charge in [0.15, 0.2) is 0 Å². The molecule has 0 spiro atoms. The Balaban J connectivity index is 3.13. The van der Waals surface area contributed by atoms with E-state index in [1.807, 2.05) is 0 Å². The van der Waals surface area contributed by atoms with Crippen LogP contribution in [-0.2, 0) is 0 Å². The van der Waals surface area contributed by atoms with Crippen LogP contribution in [0.4, 0.5) is 17.6 Å². The van der Waals surface area contributed by atoms with Gasteiger partial charge in [-0.05, 0) is 25.1 Å². The Morgan fingerprint density at radius 3 is 2.06 bits per heavy atom. The SMILES string of the molecule is CNC(C)c1ccccc1C(F)C(F)(F)F. The standard InChI is InChI=1S/C11H13F4N/c1-7(16-2)8-5-3-4-6-9(8)10(12)11(13,14)15/h3-7,10,16H,1-2H3. The molecular weight excluding hydrogens is 222 g/mol. The molecule has 0 amide bonds. The van der Waals surface area contributed by atoms with Gasteiger partial charge in [-0.1, -0.05) is 24.3 Å². The molecule has 0 aliphatic heterocycles. The number of nitrogens with one attached hydrogen (secondary N) is 1. The lowest BCUT2D eigenvalue weighted by Gasteiger charge is -2.19. The lowest BCUT2D eigenvalue weighted by Crippen LogP contribution is -2.21. The van der Waals surface area contributed by atoms with E-state index in [-0.39, 0.29) is 11.6 Å². The average Bonchev–Trinajstić information content (AvgIpc) is 2.25.